The Balaban J connectivity index is 1.66. The largest absolute Gasteiger partial charge is 0.353 e. The number of amides is 2. The summed E-state index contributed by atoms with van der Waals surface area (Å²) in [4.78, 5) is 33.7. The Morgan fingerprint density at radius 1 is 1.25 bits per heavy atom. The molecule has 0 bridgehead atoms. The second-order valence-electron chi connectivity index (χ2n) is 8.79. The van der Waals surface area contributed by atoms with E-state index in [0.29, 0.717) is 13.1 Å². The maximum atomic E-state index is 12.8. The molecule has 2 aromatic rings. The van der Waals surface area contributed by atoms with E-state index in [-0.39, 0.29) is 23.7 Å². The summed E-state index contributed by atoms with van der Waals surface area (Å²) in [6.45, 7) is 9.07. The average molecular weight is 383 g/mol. The predicted molar refractivity (Wildman–Crippen MR) is 111 cm³/mol. The molecule has 0 radical (unpaired) electrons. The van der Waals surface area contributed by atoms with Crippen molar-refractivity contribution in [2.45, 2.75) is 39.8 Å². The van der Waals surface area contributed by atoms with Crippen LogP contribution in [0.2, 0.25) is 0 Å². The fourth-order valence-corrected chi connectivity index (χ4v) is 3.63. The molecule has 0 aliphatic carbocycles. The van der Waals surface area contributed by atoms with Crippen LogP contribution in [0.25, 0.3) is 10.9 Å². The zero-order chi connectivity index (χ0) is 20.3. The lowest BCUT2D eigenvalue weighted by atomic mass is 9.94. The summed E-state index contributed by atoms with van der Waals surface area (Å²) in [7, 11) is 1.77. The smallest absolute Gasteiger partial charge is 0.237 e. The molecule has 1 aromatic carbocycles. The lowest BCUT2D eigenvalue weighted by Gasteiger charge is -2.38. The number of hydrogen-bond donors (Lipinski definition) is 1. The summed E-state index contributed by atoms with van der Waals surface area (Å²) in [6, 6.07) is 11.5. The van der Waals surface area contributed by atoms with Crippen molar-refractivity contribution in [3.8, 4) is 0 Å². The third-order valence-electron chi connectivity index (χ3n) is 4.97. The monoisotopic (exact) mass is 382 g/mol. The molecule has 1 unspecified atom stereocenters. The molecule has 150 valence electrons. The predicted octanol–water partition coefficient (Wildman–Crippen LogP) is 2.43. The van der Waals surface area contributed by atoms with Crippen molar-refractivity contribution in [2.24, 2.45) is 5.41 Å². The summed E-state index contributed by atoms with van der Waals surface area (Å²) in [6.07, 6.45) is 0.187. The van der Waals surface area contributed by atoms with E-state index in [9.17, 15) is 9.59 Å². The fourth-order valence-electron chi connectivity index (χ4n) is 3.63. The number of nitrogens with zero attached hydrogens (tertiary/aromatic N) is 3. The number of hydrogen-bond acceptors (Lipinski definition) is 4. The number of carbonyl (C=O) groups excluding carboxylic acids is 2. The molecule has 0 saturated carbocycles. The minimum atomic E-state index is -0.410. The number of nitrogens with one attached hydrogen (secondary N) is 1. The number of pyridine rings is 1. The standard InChI is InChI=1S/C22H30N4O2/c1-22(2,3)15-26-12-11-23-21(28)19(26)13-20(27)25(4)14-17-10-9-16-7-5-6-8-18(16)24-17/h5-10,19H,11-15H2,1-4H3,(H,23,28). The first kappa shape index (κ1) is 20.3. The zero-order valence-corrected chi connectivity index (χ0v) is 17.2. The maximum Gasteiger partial charge on any atom is 0.237 e. The molecule has 2 heterocycles. The number of carbonyl (C=O) groups is 2. The maximum absolute atomic E-state index is 12.8. The Morgan fingerprint density at radius 2 is 2.00 bits per heavy atom. The molecule has 0 spiro atoms. The van der Waals surface area contributed by atoms with Gasteiger partial charge in [-0.3, -0.25) is 19.5 Å². The molecule has 1 N–H and O–H groups in total. The second kappa shape index (κ2) is 8.27. The van der Waals surface area contributed by atoms with Gasteiger partial charge in [0.2, 0.25) is 11.8 Å². The van der Waals surface area contributed by atoms with Crippen LogP contribution in [0.5, 0.6) is 0 Å². The molecule has 1 aliphatic rings. The Labute approximate surface area is 166 Å². The van der Waals surface area contributed by atoms with Crippen molar-refractivity contribution >= 4 is 22.7 Å². The molecular formula is C22H30N4O2. The highest BCUT2D eigenvalue weighted by Gasteiger charge is 2.34. The highest BCUT2D eigenvalue weighted by molar-refractivity contribution is 5.88. The Bertz CT molecular complexity index is 859. The van der Waals surface area contributed by atoms with E-state index in [1.54, 1.807) is 11.9 Å². The van der Waals surface area contributed by atoms with Gasteiger partial charge in [-0.25, -0.2) is 0 Å². The summed E-state index contributed by atoms with van der Waals surface area (Å²) < 4.78 is 0. The van der Waals surface area contributed by atoms with Crippen LogP contribution in [-0.4, -0.2) is 59.3 Å². The van der Waals surface area contributed by atoms with E-state index in [4.69, 9.17) is 0 Å². The lowest BCUT2D eigenvalue weighted by molar-refractivity contribution is -0.138. The van der Waals surface area contributed by atoms with Gasteiger partial charge in [-0.2, -0.15) is 0 Å². The van der Waals surface area contributed by atoms with Gasteiger partial charge in [0.15, 0.2) is 0 Å². The fraction of sp³-hybridized carbons (Fsp3) is 0.500. The van der Waals surface area contributed by atoms with E-state index in [1.807, 2.05) is 36.4 Å². The summed E-state index contributed by atoms with van der Waals surface area (Å²) in [5.74, 6) is -0.100. The van der Waals surface area contributed by atoms with Gasteiger partial charge in [0.1, 0.15) is 0 Å². The van der Waals surface area contributed by atoms with E-state index < -0.39 is 6.04 Å². The number of para-hydroxylation sites is 1. The topological polar surface area (TPSA) is 65.5 Å². The van der Waals surface area contributed by atoms with Crippen LogP contribution in [0.4, 0.5) is 0 Å². The van der Waals surface area contributed by atoms with E-state index in [1.165, 1.54) is 0 Å². The Hall–Kier alpha value is -2.47. The van der Waals surface area contributed by atoms with Gasteiger partial charge in [-0.05, 0) is 17.5 Å². The van der Waals surface area contributed by atoms with Gasteiger partial charge in [-0.15, -0.1) is 0 Å². The van der Waals surface area contributed by atoms with Crippen molar-refractivity contribution < 1.29 is 9.59 Å². The zero-order valence-electron chi connectivity index (χ0n) is 17.2. The molecule has 6 heteroatoms. The summed E-state index contributed by atoms with van der Waals surface area (Å²) in [5.41, 5.74) is 1.83. The molecule has 1 aromatic heterocycles. The molecule has 1 fully saturated rings. The molecule has 1 saturated heterocycles. The van der Waals surface area contributed by atoms with Crippen molar-refractivity contribution in [2.75, 3.05) is 26.7 Å². The number of benzene rings is 1. The molecule has 1 atom stereocenters. The summed E-state index contributed by atoms with van der Waals surface area (Å²) in [5, 5.41) is 3.98. The van der Waals surface area contributed by atoms with Gasteiger partial charge in [-0.1, -0.05) is 45.0 Å². The van der Waals surface area contributed by atoms with Crippen LogP contribution in [0.15, 0.2) is 36.4 Å². The van der Waals surface area contributed by atoms with Crippen LogP contribution < -0.4 is 5.32 Å². The quantitative estimate of drug-likeness (QED) is 0.863. The van der Waals surface area contributed by atoms with Gasteiger partial charge >= 0.3 is 0 Å². The van der Waals surface area contributed by atoms with Crippen molar-refractivity contribution in [3.63, 3.8) is 0 Å². The lowest BCUT2D eigenvalue weighted by Crippen LogP contribution is -2.58. The van der Waals surface area contributed by atoms with Crippen molar-refractivity contribution in [1.29, 1.82) is 0 Å². The minimum Gasteiger partial charge on any atom is -0.353 e. The highest BCUT2D eigenvalue weighted by Crippen LogP contribution is 2.20. The van der Waals surface area contributed by atoms with Crippen LogP contribution in [0.1, 0.15) is 32.9 Å². The molecule has 2 amide bonds. The molecular weight excluding hydrogens is 352 g/mol. The Morgan fingerprint density at radius 3 is 2.75 bits per heavy atom. The van der Waals surface area contributed by atoms with E-state index >= 15 is 0 Å². The Kier molecular flexibility index (Phi) is 5.98. The number of fused-ring (bicyclic) bond motifs is 1. The van der Waals surface area contributed by atoms with Crippen LogP contribution in [-0.2, 0) is 16.1 Å². The molecule has 1 aliphatic heterocycles. The van der Waals surface area contributed by atoms with Gasteiger partial charge in [0, 0.05) is 32.1 Å². The second-order valence-corrected chi connectivity index (χ2v) is 8.79. The SMILES string of the molecule is CN(Cc1ccc2ccccc2n1)C(=O)CC1C(=O)NCCN1CC(C)(C)C. The van der Waals surface area contributed by atoms with Gasteiger partial charge in [0.05, 0.1) is 30.2 Å². The van der Waals surface area contributed by atoms with Crippen molar-refractivity contribution in [3.05, 3.63) is 42.1 Å². The van der Waals surface area contributed by atoms with Crippen LogP contribution in [0, 0.1) is 5.41 Å². The third-order valence-corrected chi connectivity index (χ3v) is 4.97. The number of rotatable bonds is 5. The normalized spacial score (nSPS) is 18.1. The van der Waals surface area contributed by atoms with Crippen molar-refractivity contribution in [1.82, 2.24) is 20.1 Å². The minimum absolute atomic E-state index is 0.0454. The van der Waals surface area contributed by atoms with E-state index in [2.05, 4.69) is 36.0 Å². The molecule has 3 rings (SSSR count). The highest BCUT2D eigenvalue weighted by atomic mass is 16.2. The number of aromatic nitrogens is 1. The number of piperazine rings is 1. The average Bonchev–Trinajstić information content (AvgIpc) is 2.63. The van der Waals surface area contributed by atoms with Gasteiger partial charge in [0.25, 0.3) is 0 Å². The molecule has 6 nitrogen and oxygen atoms in total. The first-order valence-corrected chi connectivity index (χ1v) is 9.83. The summed E-state index contributed by atoms with van der Waals surface area (Å²) >= 11 is 0. The first-order chi connectivity index (χ1) is 13.2. The van der Waals surface area contributed by atoms with Gasteiger partial charge < -0.3 is 10.2 Å². The van der Waals surface area contributed by atoms with Crippen LogP contribution >= 0.6 is 0 Å². The van der Waals surface area contributed by atoms with Crippen LogP contribution in [0.3, 0.4) is 0 Å². The van der Waals surface area contributed by atoms with E-state index in [0.717, 1.165) is 29.7 Å². The third kappa shape index (κ3) is 5.07. The molecule has 28 heavy (non-hydrogen) atoms. The first-order valence-electron chi connectivity index (χ1n) is 9.83.